The molecule has 1 unspecified atom stereocenters. The lowest BCUT2D eigenvalue weighted by molar-refractivity contribution is 0.0278. The average Bonchev–Trinajstić information content (AvgIpc) is 2.93. The summed E-state index contributed by atoms with van der Waals surface area (Å²) in [5.41, 5.74) is 2.13. The van der Waals surface area contributed by atoms with Crippen LogP contribution in [0.25, 0.3) is 0 Å². The molecule has 0 amide bonds. The first kappa shape index (κ1) is 11.9. The van der Waals surface area contributed by atoms with Gasteiger partial charge in [0, 0.05) is 37.4 Å². The van der Waals surface area contributed by atoms with Crippen molar-refractivity contribution in [3.63, 3.8) is 0 Å². The number of halogens is 1. The molecule has 18 heavy (non-hydrogen) atoms. The van der Waals surface area contributed by atoms with Crippen LogP contribution in [0.15, 0.2) is 18.2 Å². The molecule has 2 saturated heterocycles. The van der Waals surface area contributed by atoms with Gasteiger partial charge >= 0.3 is 0 Å². The molecule has 3 rings (SSSR count). The highest BCUT2D eigenvalue weighted by Crippen LogP contribution is 2.32. The molecule has 1 N–H and O–H groups in total. The van der Waals surface area contributed by atoms with E-state index in [1.807, 2.05) is 6.07 Å². The van der Waals surface area contributed by atoms with Crippen molar-refractivity contribution in [3.8, 4) is 0 Å². The van der Waals surface area contributed by atoms with E-state index in [0.717, 1.165) is 37.4 Å². The highest BCUT2D eigenvalue weighted by molar-refractivity contribution is 5.55. The van der Waals surface area contributed by atoms with E-state index in [2.05, 4.69) is 10.2 Å². The number of nitrogens with one attached hydrogen (secondary N) is 1. The van der Waals surface area contributed by atoms with Crippen LogP contribution >= 0.6 is 0 Å². The zero-order valence-corrected chi connectivity index (χ0v) is 10.5. The summed E-state index contributed by atoms with van der Waals surface area (Å²) in [6.07, 6.45) is 2.42. The van der Waals surface area contributed by atoms with E-state index >= 15 is 0 Å². The number of morpholine rings is 1. The Morgan fingerprint density at radius 2 is 2.11 bits per heavy atom. The molecule has 0 aliphatic carbocycles. The van der Waals surface area contributed by atoms with Crippen LogP contribution in [0.4, 0.5) is 10.1 Å². The Morgan fingerprint density at radius 3 is 2.83 bits per heavy atom. The fourth-order valence-corrected chi connectivity index (χ4v) is 2.79. The molecule has 2 fully saturated rings. The number of benzene rings is 1. The fraction of sp³-hybridized carbons (Fsp3) is 0.571. The van der Waals surface area contributed by atoms with Crippen LogP contribution in [-0.2, 0) is 4.74 Å². The van der Waals surface area contributed by atoms with Gasteiger partial charge in [0.15, 0.2) is 0 Å². The minimum atomic E-state index is -0.179. The molecular formula is C14H19FN2O. The van der Waals surface area contributed by atoms with Gasteiger partial charge in [-0.25, -0.2) is 4.39 Å². The van der Waals surface area contributed by atoms with Crippen molar-refractivity contribution < 1.29 is 9.13 Å². The summed E-state index contributed by atoms with van der Waals surface area (Å²) in [6, 6.07) is 5.08. The van der Waals surface area contributed by atoms with Crippen LogP contribution in [0.5, 0.6) is 0 Å². The van der Waals surface area contributed by atoms with Crippen molar-refractivity contribution in [2.24, 2.45) is 0 Å². The Bertz CT molecular complexity index is 412. The lowest BCUT2D eigenvalue weighted by Crippen LogP contribution is -2.34. The molecular weight excluding hydrogens is 231 g/mol. The van der Waals surface area contributed by atoms with Crippen molar-refractivity contribution >= 4 is 5.69 Å². The molecule has 3 nitrogen and oxygen atoms in total. The highest BCUT2D eigenvalue weighted by atomic mass is 19.1. The van der Waals surface area contributed by atoms with Gasteiger partial charge in [-0.3, -0.25) is 0 Å². The second-order valence-electron chi connectivity index (χ2n) is 4.96. The third kappa shape index (κ3) is 2.35. The Balaban J connectivity index is 1.91. The third-order valence-electron chi connectivity index (χ3n) is 3.71. The van der Waals surface area contributed by atoms with Crippen LogP contribution < -0.4 is 10.2 Å². The molecule has 98 valence electrons. The van der Waals surface area contributed by atoms with E-state index in [1.165, 1.54) is 12.8 Å². The van der Waals surface area contributed by atoms with Gasteiger partial charge in [0.05, 0.1) is 12.7 Å². The van der Waals surface area contributed by atoms with Gasteiger partial charge in [0.1, 0.15) is 5.82 Å². The summed E-state index contributed by atoms with van der Waals surface area (Å²) in [7, 11) is 0. The zero-order valence-electron chi connectivity index (χ0n) is 10.5. The monoisotopic (exact) mass is 250 g/mol. The molecule has 0 aromatic heterocycles. The first-order valence-electron chi connectivity index (χ1n) is 6.71. The zero-order chi connectivity index (χ0) is 12.4. The van der Waals surface area contributed by atoms with Crippen LogP contribution in [0, 0.1) is 5.82 Å². The normalized spacial score (nSPS) is 24.5. The van der Waals surface area contributed by atoms with Crippen molar-refractivity contribution in [1.82, 2.24) is 5.32 Å². The van der Waals surface area contributed by atoms with Gasteiger partial charge in [-0.15, -0.1) is 0 Å². The largest absolute Gasteiger partial charge is 0.371 e. The van der Waals surface area contributed by atoms with Crippen LogP contribution in [0.1, 0.15) is 24.5 Å². The Kier molecular flexibility index (Phi) is 3.48. The molecule has 0 bridgehead atoms. The third-order valence-corrected chi connectivity index (χ3v) is 3.71. The number of rotatable bonds is 2. The van der Waals surface area contributed by atoms with Gasteiger partial charge in [-0.05, 0) is 31.0 Å². The summed E-state index contributed by atoms with van der Waals surface area (Å²) in [5, 5.41) is 3.30. The Labute approximate surface area is 107 Å². The highest BCUT2D eigenvalue weighted by Gasteiger charge is 2.23. The molecule has 1 aromatic carbocycles. The van der Waals surface area contributed by atoms with Crippen molar-refractivity contribution in [1.29, 1.82) is 0 Å². The molecule has 0 saturated carbocycles. The second kappa shape index (κ2) is 5.24. The number of anilines is 1. The van der Waals surface area contributed by atoms with Gasteiger partial charge in [0.25, 0.3) is 0 Å². The van der Waals surface area contributed by atoms with E-state index in [-0.39, 0.29) is 11.9 Å². The smallest absolute Gasteiger partial charge is 0.123 e. The molecule has 2 heterocycles. The fourth-order valence-electron chi connectivity index (χ4n) is 2.79. The van der Waals surface area contributed by atoms with E-state index in [1.54, 1.807) is 12.1 Å². The van der Waals surface area contributed by atoms with E-state index in [4.69, 9.17) is 4.74 Å². The summed E-state index contributed by atoms with van der Waals surface area (Å²) in [5.74, 6) is -0.179. The summed E-state index contributed by atoms with van der Waals surface area (Å²) < 4.78 is 19.3. The molecule has 0 spiro atoms. The van der Waals surface area contributed by atoms with Crippen molar-refractivity contribution in [2.75, 3.05) is 37.7 Å². The van der Waals surface area contributed by atoms with Crippen molar-refractivity contribution in [3.05, 3.63) is 29.6 Å². The average molecular weight is 250 g/mol. The summed E-state index contributed by atoms with van der Waals surface area (Å²) >= 11 is 0. The lowest BCUT2D eigenvalue weighted by Gasteiger charge is -2.29. The quantitative estimate of drug-likeness (QED) is 0.870. The van der Waals surface area contributed by atoms with Crippen LogP contribution in [0.2, 0.25) is 0 Å². The molecule has 4 heteroatoms. The van der Waals surface area contributed by atoms with Gasteiger partial charge in [-0.2, -0.15) is 0 Å². The Morgan fingerprint density at radius 1 is 1.28 bits per heavy atom. The topological polar surface area (TPSA) is 24.5 Å². The first-order valence-corrected chi connectivity index (χ1v) is 6.71. The van der Waals surface area contributed by atoms with Gasteiger partial charge in [0.2, 0.25) is 0 Å². The first-order chi connectivity index (χ1) is 8.84. The standard InChI is InChI=1S/C14H19FN2O/c15-11-3-4-13(17-6-1-2-7-17)12(9-11)14-10-16-5-8-18-14/h3-4,9,14,16H,1-2,5-8,10H2. The number of hydrogen-bond donors (Lipinski definition) is 1. The van der Waals surface area contributed by atoms with Gasteiger partial charge in [-0.1, -0.05) is 0 Å². The molecule has 2 aliphatic heterocycles. The SMILES string of the molecule is Fc1ccc(N2CCCC2)c(C2CNCCO2)c1. The summed E-state index contributed by atoms with van der Waals surface area (Å²) in [4.78, 5) is 2.34. The molecule has 0 radical (unpaired) electrons. The molecule has 2 aliphatic rings. The second-order valence-corrected chi connectivity index (χ2v) is 4.96. The predicted molar refractivity (Wildman–Crippen MR) is 69.4 cm³/mol. The number of nitrogens with zero attached hydrogens (tertiary/aromatic N) is 1. The molecule has 1 atom stereocenters. The van der Waals surface area contributed by atoms with E-state index in [9.17, 15) is 4.39 Å². The minimum Gasteiger partial charge on any atom is -0.371 e. The maximum Gasteiger partial charge on any atom is 0.123 e. The van der Waals surface area contributed by atoms with Crippen LogP contribution in [0.3, 0.4) is 0 Å². The minimum absolute atomic E-state index is 0.0231. The van der Waals surface area contributed by atoms with Crippen molar-refractivity contribution in [2.45, 2.75) is 18.9 Å². The molecule has 1 aromatic rings. The predicted octanol–water partition coefficient (Wildman–Crippen LogP) is 2.09. The maximum atomic E-state index is 13.5. The van der Waals surface area contributed by atoms with E-state index in [0.29, 0.717) is 6.61 Å². The van der Waals surface area contributed by atoms with E-state index < -0.39 is 0 Å². The summed E-state index contributed by atoms with van der Waals surface area (Å²) in [6.45, 7) is 4.48. The number of hydrogen-bond acceptors (Lipinski definition) is 3. The maximum absolute atomic E-state index is 13.5. The van der Waals surface area contributed by atoms with Gasteiger partial charge < -0.3 is 15.0 Å². The van der Waals surface area contributed by atoms with Crippen LogP contribution in [-0.4, -0.2) is 32.8 Å². The Hall–Kier alpha value is -1.13. The number of ether oxygens (including phenoxy) is 1. The lowest BCUT2D eigenvalue weighted by atomic mass is 10.0.